The maximum atomic E-state index is 13.7. The molecule has 0 saturated heterocycles. The third-order valence-electron chi connectivity index (χ3n) is 2.73. The zero-order valence-electron chi connectivity index (χ0n) is 10.7. The van der Waals surface area contributed by atoms with Crippen LogP contribution in [0.15, 0.2) is 30.6 Å². The van der Waals surface area contributed by atoms with Crippen LogP contribution in [0.3, 0.4) is 0 Å². The predicted molar refractivity (Wildman–Crippen MR) is 73.5 cm³/mol. The summed E-state index contributed by atoms with van der Waals surface area (Å²) in [5.41, 5.74) is 0.335. The molecule has 2 rings (SSSR count). The highest BCUT2D eigenvalue weighted by Gasteiger charge is 2.11. The number of imidazole rings is 1. The number of hydrogen-bond donors (Lipinski definition) is 1. The Kier molecular flexibility index (Phi) is 4.39. The van der Waals surface area contributed by atoms with Crippen molar-refractivity contribution >= 4 is 23.2 Å². The molecule has 0 aliphatic rings. The first-order valence-corrected chi connectivity index (χ1v) is 6.23. The van der Waals surface area contributed by atoms with Crippen LogP contribution in [0.5, 0.6) is 0 Å². The first-order valence-electron chi connectivity index (χ1n) is 5.85. The molecule has 0 amide bonds. The summed E-state index contributed by atoms with van der Waals surface area (Å²) < 4.78 is 20.7. The molecule has 1 unspecified atom stereocenters. The van der Waals surface area contributed by atoms with Crippen molar-refractivity contribution in [3.05, 3.63) is 41.4 Å². The van der Waals surface area contributed by atoms with Crippen LogP contribution in [-0.4, -0.2) is 23.3 Å². The van der Waals surface area contributed by atoms with Gasteiger partial charge in [0.2, 0.25) is 5.95 Å². The Bertz CT molecular complexity index is 559. The first-order chi connectivity index (χ1) is 9.11. The molecule has 0 spiro atoms. The highest BCUT2D eigenvalue weighted by molar-refractivity contribution is 6.30. The maximum absolute atomic E-state index is 13.7. The average molecular weight is 284 g/mol. The van der Waals surface area contributed by atoms with E-state index in [0.717, 1.165) is 0 Å². The van der Waals surface area contributed by atoms with Crippen molar-refractivity contribution in [1.82, 2.24) is 9.55 Å². The molecule has 0 aliphatic heterocycles. The fourth-order valence-electron chi connectivity index (χ4n) is 1.80. The molecule has 1 aromatic heterocycles. The van der Waals surface area contributed by atoms with Crippen LogP contribution in [-0.2, 0) is 4.74 Å². The van der Waals surface area contributed by atoms with Crippen LogP contribution in [0.2, 0.25) is 5.02 Å². The Morgan fingerprint density at radius 3 is 3.00 bits per heavy atom. The minimum Gasteiger partial charge on any atom is -0.383 e. The van der Waals surface area contributed by atoms with Gasteiger partial charge in [-0.25, -0.2) is 9.37 Å². The average Bonchev–Trinajstić information content (AvgIpc) is 2.81. The zero-order chi connectivity index (χ0) is 13.8. The maximum Gasteiger partial charge on any atom is 0.207 e. The molecule has 1 aromatic carbocycles. The van der Waals surface area contributed by atoms with E-state index in [1.807, 2.05) is 17.7 Å². The number of nitrogens with one attached hydrogen (secondary N) is 1. The van der Waals surface area contributed by atoms with E-state index in [-0.39, 0.29) is 6.04 Å². The highest BCUT2D eigenvalue weighted by atomic mass is 35.5. The molecule has 0 fully saturated rings. The molecule has 0 radical (unpaired) electrons. The lowest BCUT2D eigenvalue weighted by atomic mass is 10.3. The predicted octanol–water partition coefficient (Wildman–Crippen LogP) is 3.63. The van der Waals surface area contributed by atoms with Gasteiger partial charge in [-0.1, -0.05) is 11.6 Å². The third-order valence-corrected chi connectivity index (χ3v) is 2.96. The molecule has 1 N–H and O–H groups in total. The van der Waals surface area contributed by atoms with Gasteiger partial charge in [0.15, 0.2) is 0 Å². The number of halogens is 2. The molecule has 1 atom stereocenters. The fraction of sp³-hybridized carbons (Fsp3) is 0.308. The minimum absolute atomic E-state index is 0.102. The fourth-order valence-corrected chi connectivity index (χ4v) is 1.96. The summed E-state index contributed by atoms with van der Waals surface area (Å²) >= 11 is 5.72. The van der Waals surface area contributed by atoms with Gasteiger partial charge in [0.25, 0.3) is 0 Å². The standard InChI is InChI=1S/C13H15ClFN3O/c1-9(8-19-2)18-6-5-16-13(18)17-12-4-3-10(14)7-11(12)15/h3-7,9H,8H2,1-2H3,(H,16,17). The second-order valence-electron chi connectivity index (χ2n) is 4.21. The van der Waals surface area contributed by atoms with E-state index >= 15 is 0 Å². The number of aromatic nitrogens is 2. The van der Waals surface area contributed by atoms with Gasteiger partial charge in [-0.2, -0.15) is 0 Å². The lowest BCUT2D eigenvalue weighted by Crippen LogP contribution is -2.13. The van der Waals surface area contributed by atoms with Crippen LogP contribution >= 0.6 is 11.6 Å². The Morgan fingerprint density at radius 1 is 1.53 bits per heavy atom. The molecule has 1 heterocycles. The molecular formula is C13H15ClFN3O. The summed E-state index contributed by atoms with van der Waals surface area (Å²) in [6.07, 6.45) is 3.47. The van der Waals surface area contributed by atoms with E-state index in [1.165, 1.54) is 6.07 Å². The Labute approximate surface area is 116 Å². The van der Waals surface area contributed by atoms with Crippen LogP contribution < -0.4 is 5.32 Å². The zero-order valence-corrected chi connectivity index (χ0v) is 11.5. The van der Waals surface area contributed by atoms with Crippen molar-refractivity contribution in [1.29, 1.82) is 0 Å². The molecule has 0 saturated carbocycles. The summed E-state index contributed by atoms with van der Waals surface area (Å²) in [6.45, 7) is 2.54. The molecule has 2 aromatic rings. The van der Waals surface area contributed by atoms with Crippen LogP contribution in [0.25, 0.3) is 0 Å². The second kappa shape index (κ2) is 6.04. The molecule has 4 nitrogen and oxygen atoms in total. The Morgan fingerprint density at radius 2 is 2.32 bits per heavy atom. The Hall–Kier alpha value is -1.59. The van der Waals surface area contributed by atoms with Crippen molar-refractivity contribution in [3.8, 4) is 0 Å². The first kappa shape index (κ1) is 13.8. The summed E-state index contributed by atoms with van der Waals surface area (Å²) in [5.74, 6) is 0.146. The van der Waals surface area contributed by atoms with E-state index in [0.29, 0.717) is 23.3 Å². The van der Waals surface area contributed by atoms with Crippen LogP contribution in [0.4, 0.5) is 16.0 Å². The van der Waals surface area contributed by atoms with Gasteiger partial charge in [-0.05, 0) is 25.1 Å². The second-order valence-corrected chi connectivity index (χ2v) is 4.65. The topological polar surface area (TPSA) is 39.1 Å². The van der Waals surface area contributed by atoms with Crippen molar-refractivity contribution in [2.75, 3.05) is 19.0 Å². The van der Waals surface area contributed by atoms with E-state index in [1.54, 1.807) is 25.4 Å². The van der Waals surface area contributed by atoms with E-state index < -0.39 is 5.82 Å². The van der Waals surface area contributed by atoms with Crippen LogP contribution in [0.1, 0.15) is 13.0 Å². The SMILES string of the molecule is COCC(C)n1ccnc1Nc1ccc(Cl)cc1F. The quantitative estimate of drug-likeness (QED) is 0.911. The third kappa shape index (κ3) is 3.24. The smallest absolute Gasteiger partial charge is 0.207 e. The highest BCUT2D eigenvalue weighted by Crippen LogP contribution is 2.23. The normalized spacial score (nSPS) is 12.4. The number of hydrogen-bond acceptors (Lipinski definition) is 3. The van der Waals surface area contributed by atoms with Gasteiger partial charge >= 0.3 is 0 Å². The van der Waals surface area contributed by atoms with E-state index in [4.69, 9.17) is 16.3 Å². The van der Waals surface area contributed by atoms with Gasteiger partial charge in [0.05, 0.1) is 18.3 Å². The van der Waals surface area contributed by atoms with E-state index in [2.05, 4.69) is 10.3 Å². The lowest BCUT2D eigenvalue weighted by Gasteiger charge is -2.16. The van der Waals surface area contributed by atoms with Crippen molar-refractivity contribution in [2.45, 2.75) is 13.0 Å². The number of methoxy groups -OCH3 is 1. The molecule has 0 aliphatic carbocycles. The van der Waals surface area contributed by atoms with Crippen molar-refractivity contribution in [3.63, 3.8) is 0 Å². The molecule has 0 bridgehead atoms. The van der Waals surface area contributed by atoms with Gasteiger partial charge in [-0.15, -0.1) is 0 Å². The number of nitrogens with zero attached hydrogens (tertiary/aromatic N) is 2. The largest absolute Gasteiger partial charge is 0.383 e. The van der Waals surface area contributed by atoms with Crippen molar-refractivity contribution in [2.24, 2.45) is 0 Å². The monoisotopic (exact) mass is 283 g/mol. The number of ether oxygens (including phenoxy) is 1. The molecule has 6 heteroatoms. The minimum atomic E-state index is -0.415. The van der Waals surface area contributed by atoms with Gasteiger partial charge < -0.3 is 14.6 Å². The number of anilines is 2. The van der Waals surface area contributed by atoms with Crippen molar-refractivity contribution < 1.29 is 9.13 Å². The summed E-state index contributed by atoms with van der Waals surface area (Å²) in [6, 6.07) is 4.57. The Balaban J connectivity index is 2.21. The number of rotatable bonds is 5. The number of benzene rings is 1. The van der Waals surface area contributed by atoms with E-state index in [9.17, 15) is 4.39 Å². The molecular weight excluding hydrogens is 269 g/mol. The van der Waals surface area contributed by atoms with Gasteiger partial charge in [0.1, 0.15) is 5.82 Å². The molecule has 102 valence electrons. The van der Waals surface area contributed by atoms with Gasteiger partial charge in [-0.3, -0.25) is 0 Å². The summed E-state index contributed by atoms with van der Waals surface area (Å²) in [7, 11) is 1.64. The van der Waals surface area contributed by atoms with Crippen LogP contribution in [0, 0.1) is 5.82 Å². The van der Waals surface area contributed by atoms with Gasteiger partial charge in [0, 0.05) is 24.5 Å². The lowest BCUT2D eigenvalue weighted by molar-refractivity contribution is 0.163. The summed E-state index contributed by atoms with van der Waals surface area (Å²) in [4.78, 5) is 4.17. The summed E-state index contributed by atoms with van der Waals surface area (Å²) in [5, 5.41) is 3.31. The molecule has 19 heavy (non-hydrogen) atoms.